The van der Waals surface area contributed by atoms with Crippen LogP contribution in [0.2, 0.25) is 0 Å². The Labute approximate surface area is 90.8 Å². The van der Waals surface area contributed by atoms with E-state index in [2.05, 4.69) is 39.8 Å². The Balaban J connectivity index is 3.58. The molecule has 0 fully saturated rings. The average molecular weight is 196 g/mol. The standard InChI is InChI=1S/C14H28/c1-5-7-9-11-13(3)14(4)12-10-8-6-2/h9,11,13-14H,5-8,10,12H2,1-4H3/b11-9+. The predicted octanol–water partition coefficient (Wildman–Crippen LogP) is 5.20. The molecule has 2 unspecified atom stereocenters. The molecule has 0 aromatic heterocycles. The lowest BCUT2D eigenvalue weighted by atomic mass is 9.90. The van der Waals surface area contributed by atoms with E-state index in [-0.39, 0.29) is 0 Å². The predicted molar refractivity (Wildman–Crippen MR) is 66.5 cm³/mol. The van der Waals surface area contributed by atoms with Crippen molar-refractivity contribution in [3.63, 3.8) is 0 Å². The molecule has 0 aromatic rings. The van der Waals surface area contributed by atoms with Crippen molar-refractivity contribution < 1.29 is 0 Å². The van der Waals surface area contributed by atoms with E-state index in [9.17, 15) is 0 Å². The van der Waals surface area contributed by atoms with Crippen LogP contribution in [0.1, 0.15) is 66.2 Å². The fourth-order valence-corrected chi connectivity index (χ4v) is 1.65. The van der Waals surface area contributed by atoms with Crippen LogP contribution in [0.25, 0.3) is 0 Å². The fourth-order valence-electron chi connectivity index (χ4n) is 1.65. The van der Waals surface area contributed by atoms with Gasteiger partial charge in [-0.05, 0) is 18.3 Å². The summed E-state index contributed by atoms with van der Waals surface area (Å²) < 4.78 is 0. The summed E-state index contributed by atoms with van der Waals surface area (Å²) in [6.07, 6.45) is 12.8. The minimum absolute atomic E-state index is 0.762. The molecule has 84 valence electrons. The smallest absolute Gasteiger partial charge is 0.0236 e. The normalized spacial score (nSPS) is 16.0. The molecule has 0 N–H and O–H groups in total. The topological polar surface area (TPSA) is 0 Å². The van der Waals surface area contributed by atoms with Crippen molar-refractivity contribution in [2.45, 2.75) is 66.2 Å². The van der Waals surface area contributed by atoms with Gasteiger partial charge >= 0.3 is 0 Å². The van der Waals surface area contributed by atoms with E-state index in [1.165, 1.54) is 38.5 Å². The molecule has 0 aliphatic heterocycles. The number of rotatable bonds is 8. The van der Waals surface area contributed by atoms with Gasteiger partial charge in [-0.15, -0.1) is 0 Å². The molecule has 14 heavy (non-hydrogen) atoms. The summed E-state index contributed by atoms with van der Waals surface area (Å²) >= 11 is 0. The molecule has 0 bridgehead atoms. The van der Waals surface area contributed by atoms with Crippen LogP contribution in [-0.2, 0) is 0 Å². The second kappa shape index (κ2) is 9.30. The van der Waals surface area contributed by atoms with Crippen LogP contribution < -0.4 is 0 Å². The Morgan fingerprint density at radius 3 is 2.29 bits per heavy atom. The highest BCUT2D eigenvalue weighted by Crippen LogP contribution is 2.19. The zero-order valence-corrected chi connectivity index (χ0v) is 10.6. The molecule has 0 saturated carbocycles. The van der Waals surface area contributed by atoms with Crippen molar-refractivity contribution in [2.75, 3.05) is 0 Å². The molecule has 0 heteroatoms. The van der Waals surface area contributed by atoms with Crippen LogP contribution in [-0.4, -0.2) is 0 Å². The highest BCUT2D eigenvalue weighted by atomic mass is 14.1. The monoisotopic (exact) mass is 196 g/mol. The molecule has 0 aliphatic carbocycles. The third kappa shape index (κ3) is 7.17. The van der Waals surface area contributed by atoms with Gasteiger partial charge in [0.1, 0.15) is 0 Å². The molecule has 0 radical (unpaired) electrons. The van der Waals surface area contributed by atoms with E-state index in [0.717, 1.165) is 11.8 Å². The van der Waals surface area contributed by atoms with E-state index in [1.807, 2.05) is 0 Å². The first-order valence-corrected chi connectivity index (χ1v) is 6.39. The largest absolute Gasteiger partial charge is 0.0883 e. The Bertz CT molecular complexity index is 135. The molecule has 0 aromatic carbocycles. The lowest BCUT2D eigenvalue weighted by Gasteiger charge is -2.16. The van der Waals surface area contributed by atoms with E-state index >= 15 is 0 Å². The summed E-state index contributed by atoms with van der Waals surface area (Å²) in [5.41, 5.74) is 0. The third-order valence-electron chi connectivity index (χ3n) is 3.06. The zero-order valence-electron chi connectivity index (χ0n) is 10.6. The molecule has 0 rings (SSSR count). The van der Waals surface area contributed by atoms with Crippen LogP contribution in [0.4, 0.5) is 0 Å². The molecule has 2 atom stereocenters. The maximum Gasteiger partial charge on any atom is -0.0236 e. The summed E-state index contributed by atoms with van der Waals surface area (Å²) in [4.78, 5) is 0. The first-order valence-electron chi connectivity index (χ1n) is 6.39. The molecular formula is C14H28. The molecular weight excluding hydrogens is 168 g/mol. The van der Waals surface area contributed by atoms with Gasteiger partial charge in [0.15, 0.2) is 0 Å². The molecule has 0 nitrogen and oxygen atoms in total. The van der Waals surface area contributed by atoms with Crippen molar-refractivity contribution in [1.82, 2.24) is 0 Å². The van der Waals surface area contributed by atoms with Gasteiger partial charge in [0.05, 0.1) is 0 Å². The summed E-state index contributed by atoms with van der Waals surface area (Å²) in [5.74, 6) is 1.62. The van der Waals surface area contributed by atoms with E-state index < -0.39 is 0 Å². The van der Waals surface area contributed by atoms with Crippen LogP contribution in [0.3, 0.4) is 0 Å². The Kier molecular flexibility index (Phi) is 9.13. The van der Waals surface area contributed by atoms with E-state index in [4.69, 9.17) is 0 Å². The SMILES string of the molecule is CCC/C=C/C(C)C(C)CCCCC. The van der Waals surface area contributed by atoms with Crippen LogP contribution in [0, 0.1) is 11.8 Å². The number of hydrogen-bond donors (Lipinski definition) is 0. The zero-order chi connectivity index (χ0) is 10.8. The highest BCUT2D eigenvalue weighted by molar-refractivity contribution is 4.88. The average Bonchev–Trinajstić information content (AvgIpc) is 2.18. The second-order valence-corrected chi connectivity index (χ2v) is 4.55. The number of unbranched alkanes of at least 4 members (excludes halogenated alkanes) is 3. The molecule has 0 heterocycles. The minimum atomic E-state index is 0.762. The Morgan fingerprint density at radius 2 is 1.71 bits per heavy atom. The van der Waals surface area contributed by atoms with Gasteiger partial charge in [-0.2, -0.15) is 0 Å². The second-order valence-electron chi connectivity index (χ2n) is 4.55. The maximum atomic E-state index is 2.40. The number of allylic oxidation sites excluding steroid dienone is 2. The maximum absolute atomic E-state index is 2.40. The first kappa shape index (κ1) is 13.7. The van der Waals surface area contributed by atoms with E-state index in [1.54, 1.807) is 0 Å². The summed E-state index contributed by atoms with van der Waals surface area (Å²) in [7, 11) is 0. The van der Waals surface area contributed by atoms with Crippen molar-refractivity contribution >= 4 is 0 Å². The van der Waals surface area contributed by atoms with Gasteiger partial charge in [0.2, 0.25) is 0 Å². The summed E-state index contributed by atoms with van der Waals surface area (Å²) in [5, 5.41) is 0. The Morgan fingerprint density at radius 1 is 1.00 bits per heavy atom. The lowest BCUT2D eigenvalue weighted by Crippen LogP contribution is -2.04. The molecule has 0 aliphatic rings. The van der Waals surface area contributed by atoms with Gasteiger partial charge in [-0.25, -0.2) is 0 Å². The van der Waals surface area contributed by atoms with Crippen LogP contribution >= 0.6 is 0 Å². The number of hydrogen-bond acceptors (Lipinski definition) is 0. The van der Waals surface area contributed by atoms with Crippen molar-refractivity contribution in [3.05, 3.63) is 12.2 Å². The lowest BCUT2D eigenvalue weighted by molar-refractivity contribution is 0.408. The first-order chi connectivity index (χ1) is 6.72. The molecule has 0 spiro atoms. The third-order valence-corrected chi connectivity index (χ3v) is 3.06. The van der Waals surface area contributed by atoms with Gasteiger partial charge in [0, 0.05) is 0 Å². The minimum Gasteiger partial charge on any atom is -0.0883 e. The van der Waals surface area contributed by atoms with Gasteiger partial charge < -0.3 is 0 Å². The van der Waals surface area contributed by atoms with Crippen LogP contribution in [0.15, 0.2) is 12.2 Å². The fraction of sp³-hybridized carbons (Fsp3) is 0.857. The molecule has 0 amide bonds. The van der Waals surface area contributed by atoms with Crippen LogP contribution in [0.5, 0.6) is 0 Å². The van der Waals surface area contributed by atoms with Gasteiger partial charge in [0.25, 0.3) is 0 Å². The van der Waals surface area contributed by atoms with Crippen molar-refractivity contribution in [2.24, 2.45) is 11.8 Å². The van der Waals surface area contributed by atoms with Gasteiger partial charge in [-0.1, -0.05) is 72.0 Å². The molecule has 0 saturated heterocycles. The van der Waals surface area contributed by atoms with E-state index in [0.29, 0.717) is 0 Å². The summed E-state index contributed by atoms with van der Waals surface area (Å²) in [6.45, 7) is 9.24. The Hall–Kier alpha value is -0.260. The van der Waals surface area contributed by atoms with Crippen molar-refractivity contribution in [1.29, 1.82) is 0 Å². The van der Waals surface area contributed by atoms with Crippen molar-refractivity contribution in [3.8, 4) is 0 Å². The quantitative estimate of drug-likeness (QED) is 0.370. The highest BCUT2D eigenvalue weighted by Gasteiger charge is 2.07. The summed E-state index contributed by atoms with van der Waals surface area (Å²) in [6, 6.07) is 0. The van der Waals surface area contributed by atoms with Gasteiger partial charge in [-0.3, -0.25) is 0 Å².